The van der Waals surface area contributed by atoms with E-state index in [1.165, 1.54) is 13.0 Å². The molecule has 0 aliphatic heterocycles. The number of pyridine rings is 1. The van der Waals surface area contributed by atoms with E-state index in [0.29, 0.717) is 5.82 Å². The van der Waals surface area contributed by atoms with Gasteiger partial charge in [0.1, 0.15) is 12.4 Å². The zero-order valence-corrected chi connectivity index (χ0v) is 12.5. The van der Waals surface area contributed by atoms with E-state index in [9.17, 15) is 9.18 Å². The van der Waals surface area contributed by atoms with Gasteiger partial charge in [-0.2, -0.15) is 0 Å². The molecule has 116 valence electrons. The maximum atomic E-state index is 13.5. The first kappa shape index (κ1) is 15.0. The molecule has 23 heavy (non-hydrogen) atoms. The Morgan fingerprint density at radius 3 is 2.78 bits per heavy atom. The minimum Gasteiger partial charge on any atom is -0.486 e. The van der Waals surface area contributed by atoms with Gasteiger partial charge in [0.25, 0.3) is 0 Å². The molecule has 5 heteroatoms. The van der Waals surface area contributed by atoms with Crippen LogP contribution in [0.5, 0.6) is 5.75 Å². The second-order valence-corrected chi connectivity index (χ2v) is 5.12. The number of nitrogens with zero attached hydrogens (tertiary/aromatic N) is 1. The highest BCUT2D eigenvalue weighted by Gasteiger charge is 2.04. The van der Waals surface area contributed by atoms with Crippen LogP contribution in [0.25, 0.3) is 10.9 Å². The van der Waals surface area contributed by atoms with Crippen LogP contribution in [-0.2, 0) is 11.4 Å². The molecule has 1 aromatic heterocycles. The normalized spacial score (nSPS) is 10.5. The van der Waals surface area contributed by atoms with Gasteiger partial charge in [0.15, 0.2) is 11.6 Å². The van der Waals surface area contributed by atoms with Crippen LogP contribution in [-0.4, -0.2) is 10.9 Å². The van der Waals surface area contributed by atoms with E-state index in [0.717, 1.165) is 16.5 Å². The van der Waals surface area contributed by atoms with Crippen LogP contribution in [0.3, 0.4) is 0 Å². The fourth-order valence-corrected chi connectivity index (χ4v) is 2.24. The number of rotatable bonds is 4. The quantitative estimate of drug-likeness (QED) is 0.795. The first-order valence-electron chi connectivity index (χ1n) is 7.16. The lowest BCUT2D eigenvalue weighted by Gasteiger charge is -2.08. The lowest BCUT2D eigenvalue weighted by molar-refractivity contribution is -0.114. The number of benzene rings is 2. The number of hydrogen-bond donors (Lipinski definition) is 1. The number of hydrogen-bond acceptors (Lipinski definition) is 3. The molecule has 0 spiro atoms. The third-order valence-electron chi connectivity index (χ3n) is 3.29. The molecular formula is C18H15FN2O2. The Bertz CT molecular complexity index is 865. The first-order chi connectivity index (χ1) is 11.1. The summed E-state index contributed by atoms with van der Waals surface area (Å²) in [4.78, 5) is 15.4. The smallest absolute Gasteiger partial charge is 0.222 e. The highest BCUT2D eigenvalue weighted by molar-refractivity contribution is 5.89. The van der Waals surface area contributed by atoms with Crippen molar-refractivity contribution in [3.63, 3.8) is 0 Å². The summed E-state index contributed by atoms with van der Waals surface area (Å²) in [5.41, 5.74) is 1.68. The maximum Gasteiger partial charge on any atom is 0.222 e. The monoisotopic (exact) mass is 310 g/mol. The third-order valence-corrected chi connectivity index (χ3v) is 3.29. The van der Waals surface area contributed by atoms with Crippen LogP contribution in [0.2, 0.25) is 0 Å². The van der Waals surface area contributed by atoms with Gasteiger partial charge in [-0.1, -0.05) is 18.2 Å². The largest absolute Gasteiger partial charge is 0.486 e. The molecule has 1 amide bonds. The van der Waals surface area contributed by atoms with Crippen molar-refractivity contribution in [2.45, 2.75) is 13.5 Å². The maximum absolute atomic E-state index is 13.5. The fraction of sp³-hybridized carbons (Fsp3) is 0.111. The molecule has 0 aliphatic carbocycles. The van der Waals surface area contributed by atoms with Gasteiger partial charge in [0.05, 0.1) is 5.52 Å². The van der Waals surface area contributed by atoms with Crippen molar-refractivity contribution in [3.8, 4) is 5.75 Å². The minimum atomic E-state index is -0.380. The molecule has 0 fully saturated rings. The molecule has 0 radical (unpaired) electrons. The summed E-state index contributed by atoms with van der Waals surface area (Å²) in [6.45, 7) is 1.71. The second kappa shape index (κ2) is 6.44. The van der Waals surface area contributed by atoms with Crippen LogP contribution < -0.4 is 10.1 Å². The van der Waals surface area contributed by atoms with Crippen molar-refractivity contribution < 1.29 is 13.9 Å². The van der Waals surface area contributed by atoms with Gasteiger partial charge in [0.2, 0.25) is 5.91 Å². The number of para-hydroxylation sites is 1. The predicted octanol–water partition coefficient (Wildman–Crippen LogP) is 3.91. The average molecular weight is 310 g/mol. The first-order valence-corrected chi connectivity index (χ1v) is 7.16. The Morgan fingerprint density at radius 2 is 2.00 bits per heavy atom. The molecule has 2 aromatic carbocycles. The van der Waals surface area contributed by atoms with E-state index in [1.807, 2.05) is 24.3 Å². The third kappa shape index (κ3) is 3.63. The number of aromatic nitrogens is 1. The van der Waals surface area contributed by atoms with E-state index in [1.54, 1.807) is 24.3 Å². The van der Waals surface area contributed by atoms with E-state index >= 15 is 0 Å². The molecule has 0 atom stereocenters. The molecule has 4 nitrogen and oxygen atoms in total. The molecule has 3 aromatic rings. The highest BCUT2D eigenvalue weighted by Crippen LogP contribution is 2.20. The van der Waals surface area contributed by atoms with Gasteiger partial charge in [-0.05, 0) is 42.0 Å². The standard InChI is InChI=1S/C18H15FN2O2/c1-12(22)20-18-9-7-14-10-13(6-8-16(14)21-18)11-23-17-5-3-2-4-15(17)19/h2-10H,11H2,1H3,(H,20,21,22). The molecule has 3 rings (SSSR count). The summed E-state index contributed by atoms with van der Waals surface area (Å²) < 4.78 is 19.0. The van der Waals surface area contributed by atoms with Crippen LogP contribution >= 0.6 is 0 Å². The van der Waals surface area contributed by atoms with Crippen LogP contribution in [0, 0.1) is 5.82 Å². The number of carbonyl (C=O) groups excluding carboxylic acids is 1. The average Bonchev–Trinajstić information content (AvgIpc) is 2.53. The number of ether oxygens (including phenoxy) is 1. The lowest BCUT2D eigenvalue weighted by atomic mass is 10.1. The number of nitrogens with one attached hydrogen (secondary N) is 1. The van der Waals surface area contributed by atoms with Gasteiger partial charge in [-0.3, -0.25) is 4.79 Å². The molecule has 0 aliphatic rings. The molecule has 1 heterocycles. The summed E-state index contributed by atoms with van der Waals surface area (Å²) >= 11 is 0. The van der Waals surface area contributed by atoms with E-state index < -0.39 is 0 Å². The second-order valence-electron chi connectivity index (χ2n) is 5.12. The summed E-state index contributed by atoms with van der Waals surface area (Å²) in [6, 6.07) is 15.6. The minimum absolute atomic E-state index is 0.160. The van der Waals surface area contributed by atoms with Crippen molar-refractivity contribution in [1.29, 1.82) is 0 Å². The molecule has 0 saturated heterocycles. The van der Waals surface area contributed by atoms with E-state index in [4.69, 9.17) is 4.74 Å². The summed E-state index contributed by atoms with van der Waals surface area (Å²) in [5.74, 6) is 0.203. The van der Waals surface area contributed by atoms with Crippen LogP contribution in [0.15, 0.2) is 54.6 Å². The van der Waals surface area contributed by atoms with Crippen molar-refractivity contribution in [2.75, 3.05) is 5.32 Å². The number of amides is 1. The van der Waals surface area contributed by atoms with E-state index in [-0.39, 0.29) is 24.1 Å². The zero-order valence-electron chi connectivity index (χ0n) is 12.5. The van der Waals surface area contributed by atoms with Crippen molar-refractivity contribution in [1.82, 2.24) is 4.98 Å². The fourth-order valence-electron chi connectivity index (χ4n) is 2.24. The zero-order chi connectivity index (χ0) is 16.2. The van der Waals surface area contributed by atoms with E-state index in [2.05, 4.69) is 10.3 Å². The van der Waals surface area contributed by atoms with Crippen molar-refractivity contribution in [2.24, 2.45) is 0 Å². The molecule has 1 N–H and O–H groups in total. The van der Waals surface area contributed by atoms with Crippen LogP contribution in [0.1, 0.15) is 12.5 Å². The number of halogens is 1. The topological polar surface area (TPSA) is 51.2 Å². The summed E-state index contributed by atoms with van der Waals surface area (Å²) in [6.07, 6.45) is 0. The summed E-state index contributed by atoms with van der Waals surface area (Å²) in [5, 5.41) is 3.57. The Labute approximate surface area is 132 Å². The molecule has 0 saturated carbocycles. The van der Waals surface area contributed by atoms with Gasteiger partial charge >= 0.3 is 0 Å². The SMILES string of the molecule is CC(=O)Nc1ccc2cc(COc3ccccc3F)ccc2n1. The van der Waals surface area contributed by atoms with Crippen molar-refractivity contribution >= 4 is 22.6 Å². The van der Waals surface area contributed by atoms with Crippen LogP contribution in [0.4, 0.5) is 10.2 Å². The number of anilines is 1. The Morgan fingerprint density at radius 1 is 1.17 bits per heavy atom. The number of fused-ring (bicyclic) bond motifs is 1. The summed E-state index contributed by atoms with van der Waals surface area (Å²) in [7, 11) is 0. The Hall–Kier alpha value is -2.95. The molecule has 0 bridgehead atoms. The van der Waals surface area contributed by atoms with Gasteiger partial charge < -0.3 is 10.1 Å². The molecular weight excluding hydrogens is 295 g/mol. The predicted molar refractivity (Wildman–Crippen MR) is 86.8 cm³/mol. The molecule has 0 unspecified atom stereocenters. The highest BCUT2D eigenvalue weighted by atomic mass is 19.1. The number of carbonyl (C=O) groups is 1. The lowest BCUT2D eigenvalue weighted by Crippen LogP contribution is -2.07. The van der Waals surface area contributed by atoms with Gasteiger partial charge in [0, 0.05) is 12.3 Å². The van der Waals surface area contributed by atoms with Gasteiger partial charge in [-0.15, -0.1) is 0 Å². The Kier molecular flexibility index (Phi) is 4.19. The van der Waals surface area contributed by atoms with Gasteiger partial charge in [-0.25, -0.2) is 9.37 Å². The Balaban J connectivity index is 1.78. The van der Waals surface area contributed by atoms with Crippen molar-refractivity contribution in [3.05, 3.63) is 66.0 Å².